The van der Waals surface area contributed by atoms with Gasteiger partial charge in [-0.3, -0.25) is 4.98 Å². The quantitative estimate of drug-likeness (QED) is 0.312. The van der Waals surface area contributed by atoms with E-state index >= 15 is 0 Å². The van der Waals surface area contributed by atoms with Crippen LogP contribution >= 0.6 is 0 Å². The van der Waals surface area contributed by atoms with Gasteiger partial charge < -0.3 is 22.2 Å². The van der Waals surface area contributed by atoms with Crippen molar-refractivity contribution in [2.45, 2.75) is 6.42 Å². The summed E-state index contributed by atoms with van der Waals surface area (Å²) in [6.07, 6.45) is 5.38. The number of benzene rings is 1. The van der Waals surface area contributed by atoms with Gasteiger partial charge in [0.05, 0.1) is 11.2 Å². The lowest BCUT2D eigenvalue weighted by molar-refractivity contribution is 0.871. The second-order valence-electron chi connectivity index (χ2n) is 5.34. The van der Waals surface area contributed by atoms with E-state index in [2.05, 4.69) is 20.3 Å². The van der Waals surface area contributed by atoms with E-state index in [4.69, 9.17) is 16.9 Å². The maximum Gasteiger partial charge on any atom is 0.154 e. The Morgan fingerprint density at radius 3 is 2.79 bits per heavy atom. The molecular weight excluding hydrogens is 302 g/mol. The number of hydrogen-bond acceptors (Lipinski definition) is 7. The van der Waals surface area contributed by atoms with Crippen molar-refractivity contribution in [3.63, 3.8) is 0 Å². The second-order valence-corrected chi connectivity index (χ2v) is 5.34. The molecular formula is C17H19N7. The molecule has 2 aromatic heterocycles. The van der Waals surface area contributed by atoms with Gasteiger partial charge in [0.2, 0.25) is 0 Å². The normalized spacial score (nSPS) is 10.7. The van der Waals surface area contributed by atoms with Gasteiger partial charge in [-0.25, -0.2) is 9.97 Å². The lowest BCUT2D eigenvalue weighted by Gasteiger charge is -2.11. The summed E-state index contributed by atoms with van der Waals surface area (Å²) in [5.74, 6) is 0.678. The molecule has 3 rings (SSSR count). The van der Waals surface area contributed by atoms with E-state index in [0.717, 1.165) is 28.7 Å². The number of fused-ring (bicyclic) bond motifs is 1. The van der Waals surface area contributed by atoms with Gasteiger partial charge in [0.1, 0.15) is 5.52 Å². The van der Waals surface area contributed by atoms with Crippen molar-refractivity contribution in [3.8, 4) is 11.3 Å². The first-order chi connectivity index (χ1) is 11.7. The molecule has 3 aromatic rings. The highest BCUT2D eigenvalue weighted by Crippen LogP contribution is 2.27. The molecule has 122 valence electrons. The van der Waals surface area contributed by atoms with E-state index in [1.807, 2.05) is 18.2 Å². The Morgan fingerprint density at radius 2 is 2.00 bits per heavy atom. The van der Waals surface area contributed by atoms with E-state index in [9.17, 15) is 0 Å². The Labute approximate surface area is 139 Å². The Balaban J connectivity index is 2.09. The van der Waals surface area contributed by atoms with Gasteiger partial charge in [0.25, 0.3) is 0 Å². The standard InChI is InChI=1S/C17H19N7/c18-4-1-5-23-17-16-15(21-6-7-22-16)9-14(24-17)11-2-3-13(20)12(8-11)10-19/h2-3,6-10,19H,1,4-5,18,20H2,(H,23,24). The molecule has 6 N–H and O–H groups in total. The minimum absolute atomic E-state index is 0.565. The Bertz CT molecular complexity index is 876. The van der Waals surface area contributed by atoms with Crippen LogP contribution in [0.25, 0.3) is 22.3 Å². The first kappa shape index (κ1) is 15.8. The lowest BCUT2D eigenvalue weighted by atomic mass is 10.1. The third kappa shape index (κ3) is 3.16. The van der Waals surface area contributed by atoms with Crippen LogP contribution in [0.15, 0.2) is 36.7 Å². The number of rotatable bonds is 6. The van der Waals surface area contributed by atoms with Gasteiger partial charge in [-0.05, 0) is 31.2 Å². The number of nitrogens with one attached hydrogen (secondary N) is 2. The molecule has 0 unspecified atom stereocenters. The molecule has 2 heterocycles. The predicted molar refractivity (Wildman–Crippen MR) is 97.2 cm³/mol. The molecule has 0 aliphatic carbocycles. The largest absolute Gasteiger partial charge is 0.398 e. The number of hydrogen-bond donors (Lipinski definition) is 4. The molecule has 0 radical (unpaired) electrons. The zero-order chi connectivity index (χ0) is 16.9. The summed E-state index contributed by atoms with van der Waals surface area (Å²) in [4.78, 5) is 13.4. The molecule has 0 bridgehead atoms. The van der Waals surface area contributed by atoms with Crippen molar-refractivity contribution in [1.29, 1.82) is 5.41 Å². The fraction of sp³-hybridized carbons (Fsp3) is 0.176. The summed E-state index contributed by atoms with van der Waals surface area (Å²) >= 11 is 0. The Morgan fingerprint density at radius 1 is 1.17 bits per heavy atom. The summed E-state index contributed by atoms with van der Waals surface area (Å²) < 4.78 is 0. The molecule has 0 spiro atoms. The molecule has 0 atom stereocenters. The maximum absolute atomic E-state index is 7.46. The average molecular weight is 321 g/mol. The van der Waals surface area contributed by atoms with Gasteiger partial charge in [0, 0.05) is 42.0 Å². The van der Waals surface area contributed by atoms with Crippen molar-refractivity contribution in [3.05, 3.63) is 42.2 Å². The summed E-state index contributed by atoms with van der Waals surface area (Å²) in [5, 5.41) is 10.7. The molecule has 0 fully saturated rings. The zero-order valence-electron chi connectivity index (χ0n) is 13.2. The summed E-state index contributed by atoms with van der Waals surface area (Å²) in [6.45, 7) is 1.32. The molecule has 7 heteroatoms. The lowest BCUT2D eigenvalue weighted by Crippen LogP contribution is -2.10. The number of nitrogens with zero attached hydrogens (tertiary/aromatic N) is 3. The van der Waals surface area contributed by atoms with Gasteiger partial charge >= 0.3 is 0 Å². The molecule has 0 saturated carbocycles. The smallest absolute Gasteiger partial charge is 0.154 e. The van der Waals surface area contributed by atoms with Crippen molar-refractivity contribution in [2.24, 2.45) is 5.73 Å². The Hall–Kier alpha value is -3.06. The van der Waals surface area contributed by atoms with Crippen molar-refractivity contribution in [2.75, 3.05) is 24.1 Å². The van der Waals surface area contributed by atoms with Crippen molar-refractivity contribution >= 4 is 28.8 Å². The van der Waals surface area contributed by atoms with Crippen LogP contribution in [0.4, 0.5) is 11.5 Å². The number of nitrogens with two attached hydrogens (primary N) is 2. The van der Waals surface area contributed by atoms with Crippen LogP contribution in [0.2, 0.25) is 0 Å². The van der Waals surface area contributed by atoms with Gasteiger partial charge in [-0.2, -0.15) is 0 Å². The summed E-state index contributed by atoms with van der Waals surface area (Å²) in [5.41, 5.74) is 15.7. The monoisotopic (exact) mass is 321 g/mol. The van der Waals surface area contributed by atoms with Crippen molar-refractivity contribution in [1.82, 2.24) is 15.0 Å². The first-order valence-corrected chi connectivity index (χ1v) is 7.69. The van der Waals surface area contributed by atoms with Gasteiger partial charge in [-0.15, -0.1) is 0 Å². The van der Waals surface area contributed by atoms with Gasteiger partial charge in [-0.1, -0.05) is 6.07 Å². The molecule has 7 nitrogen and oxygen atoms in total. The van der Waals surface area contributed by atoms with Crippen LogP contribution in [-0.4, -0.2) is 34.3 Å². The zero-order valence-corrected chi connectivity index (χ0v) is 13.2. The Kier molecular flexibility index (Phi) is 4.62. The molecule has 0 saturated heterocycles. The first-order valence-electron chi connectivity index (χ1n) is 7.69. The van der Waals surface area contributed by atoms with Crippen LogP contribution in [0.5, 0.6) is 0 Å². The van der Waals surface area contributed by atoms with Crippen LogP contribution in [0, 0.1) is 5.41 Å². The number of pyridine rings is 1. The SMILES string of the molecule is N=Cc1cc(-c2cc3nccnc3c(NCCCN)n2)ccc1N. The second kappa shape index (κ2) is 7.01. The molecule has 0 amide bonds. The van der Waals surface area contributed by atoms with Gasteiger partial charge in [0.15, 0.2) is 5.82 Å². The third-order valence-corrected chi connectivity index (χ3v) is 3.67. The molecule has 24 heavy (non-hydrogen) atoms. The summed E-state index contributed by atoms with van der Waals surface area (Å²) in [6, 6.07) is 7.39. The minimum Gasteiger partial charge on any atom is -0.398 e. The fourth-order valence-electron chi connectivity index (χ4n) is 2.41. The molecule has 0 aliphatic heterocycles. The average Bonchev–Trinajstić information content (AvgIpc) is 2.62. The number of anilines is 2. The molecule has 0 aliphatic rings. The van der Waals surface area contributed by atoms with E-state index in [1.165, 1.54) is 6.21 Å². The third-order valence-electron chi connectivity index (χ3n) is 3.67. The van der Waals surface area contributed by atoms with Crippen LogP contribution in [0.3, 0.4) is 0 Å². The number of aromatic nitrogens is 3. The van der Waals surface area contributed by atoms with E-state index in [1.54, 1.807) is 18.5 Å². The predicted octanol–water partition coefficient (Wildman–Crippen LogP) is 2.03. The highest BCUT2D eigenvalue weighted by atomic mass is 15.0. The van der Waals surface area contributed by atoms with E-state index in [0.29, 0.717) is 30.2 Å². The molecule has 1 aromatic carbocycles. The summed E-state index contributed by atoms with van der Waals surface area (Å²) in [7, 11) is 0. The van der Waals surface area contributed by atoms with E-state index in [-0.39, 0.29) is 0 Å². The topological polar surface area (TPSA) is 127 Å². The maximum atomic E-state index is 7.46. The minimum atomic E-state index is 0.565. The highest BCUT2D eigenvalue weighted by molar-refractivity contribution is 5.91. The van der Waals surface area contributed by atoms with Crippen LogP contribution in [-0.2, 0) is 0 Å². The van der Waals surface area contributed by atoms with Crippen molar-refractivity contribution < 1.29 is 0 Å². The number of nitrogen functional groups attached to an aromatic ring is 1. The van der Waals surface area contributed by atoms with E-state index < -0.39 is 0 Å². The highest BCUT2D eigenvalue weighted by Gasteiger charge is 2.10. The fourth-order valence-corrected chi connectivity index (χ4v) is 2.41. The van der Waals surface area contributed by atoms with Crippen LogP contribution in [0.1, 0.15) is 12.0 Å². The van der Waals surface area contributed by atoms with Crippen LogP contribution < -0.4 is 16.8 Å².